The average molecular weight is 781 g/mol. The number of rotatable bonds is 0. The van der Waals surface area contributed by atoms with Crippen LogP contribution in [0.2, 0.25) is 0 Å². The maximum absolute atomic E-state index is 5.74. The minimum atomic E-state index is 0.837. The molecule has 4 nitrogen and oxygen atoms in total. The Labute approximate surface area is 350 Å². The highest BCUT2D eigenvalue weighted by atomic mass is 14.8. The van der Waals surface area contributed by atoms with Gasteiger partial charge in [0.15, 0.2) is 0 Å². The molecule has 18 rings (SSSR count). The Morgan fingerprint density at radius 2 is 0.887 bits per heavy atom. The van der Waals surface area contributed by atoms with Gasteiger partial charge in [0.05, 0.1) is 33.1 Å². The van der Waals surface area contributed by atoms with Crippen LogP contribution in [0.25, 0.3) is 175 Å². The van der Waals surface area contributed by atoms with Gasteiger partial charge >= 0.3 is 0 Å². The molecule has 62 heavy (non-hydrogen) atoms. The molecule has 0 amide bonds. The van der Waals surface area contributed by atoms with Crippen molar-refractivity contribution in [3.8, 4) is 0 Å². The first-order chi connectivity index (χ1) is 30.6. The zero-order chi connectivity index (χ0) is 39.8. The molecule has 3 heterocycles. The molecule has 280 valence electrons. The maximum atomic E-state index is 5.74. The van der Waals surface area contributed by atoms with Crippen molar-refractivity contribution in [3.63, 3.8) is 0 Å². The average Bonchev–Trinajstić information content (AvgIpc) is 3.31. The minimum absolute atomic E-state index is 0.837. The molecule has 0 spiro atoms. The SMILES string of the molecule is Cc1cc2c3c4c(c5c6c7c(c8nc9c%10cccnc%10c%10ncccc%10c9nc8c8ccc9c%10cccc%11c%12cc(C)cc%13c(c1)c2c1c4c6c(c9c87)c(c%11%10)c1c%13%12)=CC5)C=CC3. The number of benzene rings is 13. The molecule has 0 fully saturated rings. The van der Waals surface area contributed by atoms with E-state index in [0.29, 0.717) is 0 Å². The summed E-state index contributed by atoms with van der Waals surface area (Å²) in [7, 11) is 0. The Kier molecular flexibility index (Phi) is 4.58. The van der Waals surface area contributed by atoms with Crippen molar-refractivity contribution in [1.82, 2.24) is 19.9 Å². The van der Waals surface area contributed by atoms with Crippen LogP contribution in [-0.4, -0.2) is 19.9 Å². The van der Waals surface area contributed by atoms with Gasteiger partial charge in [-0.1, -0.05) is 72.8 Å². The normalized spacial score (nSPS) is 14.5. The monoisotopic (exact) mass is 780 g/mol. The van der Waals surface area contributed by atoms with E-state index in [1.54, 1.807) is 0 Å². The van der Waals surface area contributed by atoms with Gasteiger partial charge in [-0.05, 0) is 181 Å². The van der Waals surface area contributed by atoms with Gasteiger partial charge in [0, 0.05) is 44.5 Å². The Hall–Kier alpha value is -7.82. The van der Waals surface area contributed by atoms with Gasteiger partial charge in [0.25, 0.3) is 0 Å². The molecular formula is C58H28N4. The Balaban J connectivity index is 1.23. The fourth-order valence-corrected chi connectivity index (χ4v) is 13.9. The fourth-order valence-electron chi connectivity index (χ4n) is 13.9. The van der Waals surface area contributed by atoms with Crippen LogP contribution in [0.4, 0.5) is 0 Å². The molecule has 13 aromatic carbocycles. The lowest BCUT2D eigenvalue weighted by atomic mass is 9.70. The zero-order valence-electron chi connectivity index (χ0n) is 33.6. The third-order valence-corrected chi connectivity index (χ3v) is 15.9. The quantitative estimate of drug-likeness (QED) is 0.114. The predicted octanol–water partition coefficient (Wildman–Crippen LogP) is 14.0. The molecule has 0 atom stereocenters. The van der Waals surface area contributed by atoms with Gasteiger partial charge in [-0.25, -0.2) is 9.97 Å². The van der Waals surface area contributed by atoms with Crippen molar-refractivity contribution in [2.75, 3.05) is 0 Å². The number of aryl methyl sites for hydroxylation is 2. The van der Waals surface area contributed by atoms with Crippen LogP contribution in [0.15, 0.2) is 97.3 Å². The van der Waals surface area contributed by atoms with Crippen molar-refractivity contribution in [3.05, 3.63) is 130 Å². The summed E-state index contributed by atoms with van der Waals surface area (Å²) in [6, 6.07) is 30.1. The third kappa shape index (κ3) is 2.92. The third-order valence-electron chi connectivity index (χ3n) is 15.9. The first-order valence-electron chi connectivity index (χ1n) is 21.9. The van der Waals surface area contributed by atoms with E-state index >= 15 is 0 Å². The summed E-state index contributed by atoms with van der Waals surface area (Å²) in [4.78, 5) is 21.2. The lowest BCUT2D eigenvalue weighted by molar-refractivity contribution is 1.29. The lowest BCUT2D eigenvalue weighted by Gasteiger charge is -2.32. The summed E-state index contributed by atoms with van der Waals surface area (Å²) in [5.41, 5.74) is 12.4. The second kappa shape index (κ2) is 9.39. The Bertz CT molecular complexity index is 4980. The molecule has 3 aromatic heterocycles. The summed E-state index contributed by atoms with van der Waals surface area (Å²) in [5, 5.41) is 33.8. The number of fused-ring (bicyclic) bond motifs is 14. The van der Waals surface area contributed by atoms with Crippen molar-refractivity contribution >= 4 is 175 Å². The predicted molar refractivity (Wildman–Crippen MR) is 262 cm³/mol. The summed E-state index contributed by atoms with van der Waals surface area (Å²) in [6.45, 7) is 4.58. The molecule has 0 unspecified atom stereocenters. The van der Waals surface area contributed by atoms with Crippen molar-refractivity contribution in [2.24, 2.45) is 0 Å². The number of hydrogen-bond donors (Lipinski definition) is 0. The number of nitrogens with zero attached hydrogens (tertiary/aromatic N) is 4. The first-order valence-corrected chi connectivity index (χ1v) is 21.9. The molecule has 0 saturated carbocycles. The van der Waals surface area contributed by atoms with Gasteiger partial charge < -0.3 is 0 Å². The van der Waals surface area contributed by atoms with Crippen LogP contribution >= 0.6 is 0 Å². The molecule has 2 aliphatic carbocycles. The smallest absolute Gasteiger partial charge is 0.0996 e. The van der Waals surface area contributed by atoms with Crippen molar-refractivity contribution in [2.45, 2.75) is 26.7 Å². The van der Waals surface area contributed by atoms with Crippen LogP contribution in [0.3, 0.4) is 0 Å². The van der Waals surface area contributed by atoms with Crippen molar-refractivity contribution < 1.29 is 0 Å². The number of allylic oxidation sites excluding steroid dienone is 1. The van der Waals surface area contributed by atoms with Gasteiger partial charge in [0.1, 0.15) is 0 Å². The molecule has 0 radical (unpaired) electrons. The van der Waals surface area contributed by atoms with E-state index < -0.39 is 0 Å². The minimum Gasteiger partial charge on any atom is -0.254 e. The molecule has 2 aliphatic rings. The van der Waals surface area contributed by atoms with Gasteiger partial charge in [-0.15, -0.1) is 0 Å². The van der Waals surface area contributed by atoms with E-state index in [9.17, 15) is 0 Å². The van der Waals surface area contributed by atoms with Gasteiger partial charge in [-0.3, -0.25) is 9.97 Å². The van der Waals surface area contributed by atoms with Crippen LogP contribution < -0.4 is 5.22 Å². The van der Waals surface area contributed by atoms with Crippen LogP contribution in [0.1, 0.15) is 27.8 Å². The van der Waals surface area contributed by atoms with Gasteiger partial charge in [0.2, 0.25) is 0 Å². The van der Waals surface area contributed by atoms with E-state index in [2.05, 4.69) is 98.8 Å². The largest absolute Gasteiger partial charge is 0.254 e. The maximum Gasteiger partial charge on any atom is 0.0996 e. The highest BCUT2D eigenvalue weighted by Gasteiger charge is 2.35. The second-order valence-corrected chi connectivity index (χ2v) is 18.7. The summed E-state index contributed by atoms with van der Waals surface area (Å²) >= 11 is 0. The first kappa shape index (κ1) is 30.2. The summed E-state index contributed by atoms with van der Waals surface area (Å²) in [6.07, 6.45) is 12.9. The number of pyridine rings is 2. The van der Waals surface area contributed by atoms with E-state index in [4.69, 9.17) is 19.9 Å². The van der Waals surface area contributed by atoms with Gasteiger partial charge in [-0.2, -0.15) is 0 Å². The Morgan fingerprint density at radius 3 is 1.63 bits per heavy atom. The fraction of sp³-hybridized carbons (Fsp3) is 0.0690. The molecule has 0 aliphatic heterocycles. The highest BCUT2D eigenvalue weighted by molar-refractivity contribution is 6.59. The number of hydrogen-bond acceptors (Lipinski definition) is 4. The topological polar surface area (TPSA) is 51.6 Å². The standard InChI is InChI=1S/C58H28N4/c1-23-19-35-27-9-3-7-25-29-13-15-31-45-43(29)51-47(39(25)27)49-41(35)37(21-23)38-22-24(2)20-36-28-10-4-8-26-30-14-16-32(46(45)44(30)52(51)48(40(26)28)50(49)42(36)38)56-55(31)61-57-33-11-5-17-59-53(33)54-34(58(57)62-56)12-6-18-60-54/h3-9,11-13,15-22H,10,14H2,1-2H3. The van der Waals surface area contributed by atoms with E-state index in [1.807, 2.05) is 24.5 Å². The number of aromatic nitrogens is 4. The highest BCUT2D eigenvalue weighted by Crippen LogP contribution is 2.61. The van der Waals surface area contributed by atoms with Crippen LogP contribution in [0, 0.1) is 13.8 Å². The molecule has 4 heteroatoms. The van der Waals surface area contributed by atoms with Crippen LogP contribution in [0.5, 0.6) is 0 Å². The molecule has 16 aromatic rings. The van der Waals surface area contributed by atoms with E-state index in [-0.39, 0.29) is 0 Å². The van der Waals surface area contributed by atoms with Crippen molar-refractivity contribution in [1.29, 1.82) is 0 Å². The Morgan fingerprint density at radius 1 is 0.371 bits per heavy atom. The van der Waals surface area contributed by atoms with E-state index in [1.165, 1.54) is 152 Å². The zero-order valence-corrected chi connectivity index (χ0v) is 33.6. The lowest BCUT2D eigenvalue weighted by Crippen LogP contribution is -2.16. The van der Waals surface area contributed by atoms with E-state index in [0.717, 1.165) is 56.7 Å². The summed E-state index contributed by atoms with van der Waals surface area (Å²) < 4.78 is 0. The second-order valence-electron chi connectivity index (χ2n) is 18.7. The van der Waals surface area contributed by atoms with Crippen LogP contribution in [-0.2, 0) is 12.8 Å². The molecular weight excluding hydrogens is 753 g/mol. The molecule has 0 bridgehead atoms. The molecule has 0 saturated heterocycles. The molecule has 0 N–H and O–H groups in total. The summed E-state index contributed by atoms with van der Waals surface area (Å²) in [5.74, 6) is 0.